The van der Waals surface area contributed by atoms with Gasteiger partial charge in [0, 0.05) is 25.2 Å². The zero-order chi connectivity index (χ0) is 18.0. The van der Waals surface area contributed by atoms with Gasteiger partial charge >= 0.3 is 6.09 Å². The first-order valence-electron chi connectivity index (χ1n) is 7.92. The van der Waals surface area contributed by atoms with Crippen molar-refractivity contribution in [2.45, 2.75) is 39.7 Å². The lowest BCUT2D eigenvalue weighted by atomic mass is 10.2. The number of aromatic nitrogens is 5. The van der Waals surface area contributed by atoms with E-state index in [-0.39, 0.29) is 0 Å². The molecule has 1 N–H and O–H groups in total. The number of rotatable bonds is 4. The van der Waals surface area contributed by atoms with Gasteiger partial charge in [0.2, 0.25) is 0 Å². The molecule has 3 rings (SSSR count). The number of aryl methyl sites for hydroxylation is 1. The molecule has 25 heavy (non-hydrogen) atoms. The van der Waals surface area contributed by atoms with Crippen molar-refractivity contribution in [3.8, 4) is 11.5 Å². The van der Waals surface area contributed by atoms with Gasteiger partial charge in [0.1, 0.15) is 5.60 Å². The molecule has 3 aromatic rings. The molecule has 0 aliphatic rings. The van der Waals surface area contributed by atoms with Gasteiger partial charge in [0.15, 0.2) is 11.5 Å². The van der Waals surface area contributed by atoms with Gasteiger partial charge in [0.25, 0.3) is 5.89 Å². The standard InChI is InChI=1S/C16H20N6O3/c1-10-11(9-18-13-6-8-19-22(10)13)14-20-12(21-25-14)5-7-17-15(23)24-16(2,3)4/h6,8-9H,5,7H2,1-4H3,(H,17,23). The van der Waals surface area contributed by atoms with Gasteiger partial charge in [-0.2, -0.15) is 10.1 Å². The number of alkyl carbamates (subject to hydrolysis) is 1. The number of hydrogen-bond acceptors (Lipinski definition) is 7. The van der Waals surface area contributed by atoms with Crippen LogP contribution in [-0.4, -0.2) is 43.0 Å². The van der Waals surface area contributed by atoms with Crippen molar-refractivity contribution in [3.05, 3.63) is 30.0 Å². The van der Waals surface area contributed by atoms with Crippen LogP contribution in [0.3, 0.4) is 0 Å². The number of fused-ring (bicyclic) bond motifs is 1. The Morgan fingerprint density at radius 1 is 1.40 bits per heavy atom. The normalized spacial score (nSPS) is 11.7. The maximum absolute atomic E-state index is 11.6. The van der Waals surface area contributed by atoms with E-state index in [0.717, 1.165) is 16.9 Å². The van der Waals surface area contributed by atoms with Gasteiger partial charge in [-0.15, -0.1) is 0 Å². The monoisotopic (exact) mass is 344 g/mol. The molecule has 0 saturated heterocycles. The summed E-state index contributed by atoms with van der Waals surface area (Å²) in [7, 11) is 0. The molecule has 0 aliphatic heterocycles. The predicted molar refractivity (Wildman–Crippen MR) is 89.0 cm³/mol. The van der Waals surface area contributed by atoms with Crippen molar-refractivity contribution in [2.24, 2.45) is 0 Å². The summed E-state index contributed by atoms with van der Waals surface area (Å²) in [6.45, 7) is 7.69. The first-order valence-corrected chi connectivity index (χ1v) is 7.92. The van der Waals surface area contributed by atoms with Gasteiger partial charge in [-0.05, 0) is 27.7 Å². The molecule has 0 aliphatic carbocycles. The summed E-state index contributed by atoms with van der Waals surface area (Å²) in [4.78, 5) is 20.3. The number of amides is 1. The van der Waals surface area contributed by atoms with Crippen LogP contribution in [0.25, 0.3) is 17.1 Å². The lowest BCUT2D eigenvalue weighted by Gasteiger charge is -2.19. The molecule has 0 atom stereocenters. The predicted octanol–water partition coefficient (Wildman–Crippen LogP) is 2.15. The van der Waals surface area contributed by atoms with Gasteiger partial charge in [0.05, 0.1) is 17.5 Å². The van der Waals surface area contributed by atoms with Gasteiger partial charge in [-0.25, -0.2) is 14.3 Å². The third-order valence-electron chi connectivity index (χ3n) is 3.37. The molecule has 0 saturated carbocycles. The second-order valence-electron chi connectivity index (χ2n) is 6.55. The number of carbonyl (C=O) groups is 1. The quantitative estimate of drug-likeness (QED) is 0.772. The van der Waals surface area contributed by atoms with Crippen LogP contribution >= 0.6 is 0 Å². The second kappa shape index (κ2) is 6.50. The summed E-state index contributed by atoms with van der Waals surface area (Å²) in [6.07, 6.45) is 3.32. The van der Waals surface area contributed by atoms with E-state index >= 15 is 0 Å². The van der Waals surface area contributed by atoms with Crippen LogP contribution in [-0.2, 0) is 11.2 Å². The molecule has 0 aromatic carbocycles. The molecule has 0 unspecified atom stereocenters. The molecule has 0 radical (unpaired) electrons. The molecular formula is C16H20N6O3. The molecule has 132 valence electrons. The SMILES string of the molecule is Cc1c(-c2nc(CCNC(=O)OC(C)(C)C)no2)cnc2ccnn12. The summed E-state index contributed by atoms with van der Waals surface area (Å²) < 4.78 is 12.2. The fourth-order valence-corrected chi connectivity index (χ4v) is 2.26. The minimum Gasteiger partial charge on any atom is -0.444 e. The average Bonchev–Trinajstić information content (AvgIpc) is 3.15. The zero-order valence-corrected chi connectivity index (χ0v) is 14.6. The smallest absolute Gasteiger partial charge is 0.407 e. The van der Waals surface area contributed by atoms with Crippen LogP contribution < -0.4 is 5.32 Å². The molecule has 1 amide bonds. The molecule has 0 spiro atoms. The van der Waals surface area contributed by atoms with Crippen LogP contribution in [0.5, 0.6) is 0 Å². The second-order valence-corrected chi connectivity index (χ2v) is 6.55. The van der Waals surface area contributed by atoms with Crippen molar-refractivity contribution in [1.29, 1.82) is 0 Å². The Bertz CT molecular complexity index is 893. The molecule has 9 nitrogen and oxygen atoms in total. The Balaban J connectivity index is 1.64. The number of nitrogens with one attached hydrogen (secondary N) is 1. The van der Waals surface area contributed by atoms with E-state index < -0.39 is 11.7 Å². The first kappa shape index (κ1) is 16.9. The minimum absolute atomic E-state index is 0.351. The van der Waals surface area contributed by atoms with Crippen LogP contribution in [0, 0.1) is 6.92 Å². The maximum atomic E-state index is 11.6. The Morgan fingerprint density at radius 2 is 2.20 bits per heavy atom. The highest BCUT2D eigenvalue weighted by Crippen LogP contribution is 2.21. The van der Waals surface area contributed by atoms with E-state index in [9.17, 15) is 4.79 Å². The first-order chi connectivity index (χ1) is 11.8. The summed E-state index contributed by atoms with van der Waals surface area (Å²) in [5.41, 5.74) is 1.80. The average molecular weight is 344 g/mol. The number of hydrogen-bond donors (Lipinski definition) is 1. The molecule has 3 heterocycles. The fourth-order valence-electron chi connectivity index (χ4n) is 2.26. The minimum atomic E-state index is -0.529. The van der Waals surface area contributed by atoms with Crippen molar-refractivity contribution >= 4 is 11.7 Å². The highest BCUT2D eigenvalue weighted by molar-refractivity contribution is 5.67. The Kier molecular flexibility index (Phi) is 4.39. The van der Waals surface area contributed by atoms with Crippen LogP contribution in [0.2, 0.25) is 0 Å². The fraction of sp³-hybridized carbons (Fsp3) is 0.438. The van der Waals surface area contributed by atoms with Crippen LogP contribution in [0.4, 0.5) is 4.79 Å². The van der Waals surface area contributed by atoms with Gasteiger partial charge in [-0.3, -0.25) is 0 Å². The number of nitrogens with zero attached hydrogens (tertiary/aromatic N) is 5. The Morgan fingerprint density at radius 3 is 2.96 bits per heavy atom. The third-order valence-corrected chi connectivity index (χ3v) is 3.37. The third kappa shape index (κ3) is 3.93. The summed E-state index contributed by atoms with van der Waals surface area (Å²) in [5.74, 6) is 0.862. The highest BCUT2D eigenvalue weighted by atomic mass is 16.6. The van der Waals surface area contributed by atoms with Gasteiger partial charge in [-0.1, -0.05) is 5.16 Å². The number of carbonyl (C=O) groups excluding carboxylic acids is 1. The number of ether oxygens (including phenoxy) is 1. The molecular weight excluding hydrogens is 324 g/mol. The van der Waals surface area contributed by atoms with Crippen molar-refractivity contribution in [2.75, 3.05) is 6.54 Å². The van der Waals surface area contributed by atoms with E-state index in [4.69, 9.17) is 9.26 Å². The molecule has 0 bridgehead atoms. The van der Waals surface area contributed by atoms with Crippen LogP contribution in [0.15, 0.2) is 23.0 Å². The summed E-state index contributed by atoms with van der Waals surface area (Å²) >= 11 is 0. The van der Waals surface area contributed by atoms with E-state index in [0.29, 0.717) is 24.7 Å². The lowest BCUT2D eigenvalue weighted by molar-refractivity contribution is 0.0528. The van der Waals surface area contributed by atoms with Crippen molar-refractivity contribution < 1.29 is 14.1 Å². The summed E-state index contributed by atoms with van der Waals surface area (Å²) in [5, 5.41) is 10.8. The topological polar surface area (TPSA) is 107 Å². The van der Waals surface area contributed by atoms with E-state index in [1.807, 2.05) is 33.8 Å². The van der Waals surface area contributed by atoms with Crippen molar-refractivity contribution in [3.63, 3.8) is 0 Å². The Labute approximate surface area is 144 Å². The summed E-state index contributed by atoms with van der Waals surface area (Å²) in [6, 6.07) is 1.82. The Hall–Kier alpha value is -2.97. The molecule has 9 heteroatoms. The van der Waals surface area contributed by atoms with Crippen molar-refractivity contribution in [1.82, 2.24) is 30.1 Å². The largest absolute Gasteiger partial charge is 0.444 e. The van der Waals surface area contributed by atoms with E-state index in [1.165, 1.54) is 0 Å². The lowest BCUT2D eigenvalue weighted by Crippen LogP contribution is -2.33. The zero-order valence-electron chi connectivity index (χ0n) is 14.6. The molecule has 0 fully saturated rings. The van der Waals surface area contributed by atoms with E-state index in [1.54, 1.807) is 16.9 Å². The maximum Gasteiger partial charge on any atom is 0.407 e. The van der Waals surface area contributed by atoms with Gasteiger partial charge < -0.3 is 14.6 Å². The van der Waals surface area contributed by atoms with Crippen LogP contribution in [0.1, 0.15) is 32.3 Å². The van der Waals surface area contributed by atoms with E-state index in [2.05, 4.69) is 25.5 Å². The highest BCUT2D eigenvalue weighted by Gasteiger charge is 2.17. The molecule has 3 aromatic heterocycles.